The molecule has 0 saturated heterocycles. The average molecular weight is 319 g/mol. The van der Waals surface area contributed by atoms with Crippen LogP contribution < -0.4 is 0 Å². The van der Waals surface area contributed by atoms with Crippen molar-refractivity contribution in [3.8, 4) is 0 Å². The van der Waals surface area contributed by atoms with Crippen molar-refractivity contribution in [3.63, 3.8) is 0 Å². The average Bonchev–Trinajstić information content (AvgIpc) is 2.51. The third-order valence-corrected chi connectivity index (χ3v) is 4.50. The molecule has 0 heterocycles. The number of esters is 1. The molecule has 23 heavy (non-hydrogen) atoms. The van der Waals surface area contributed by atoms with E-state index >= 15 is 0 Å². The van der Waals surface area contributed by atoms with Gasteiger partial charge in [-0.2, -0.15) is 0 Å². The molecule has 2 nitrogen and oxygen atoms in total. The monoisotopic (exact) mass is 318 g/mol. The highest BCUT2D eigenvalue weighted by molar-refractivity contribution is 5.69. The van der Waals surface area contributed by atoms with E-state index in [4.69, 9.17) is 4.74 Å². The molecule has 2 heteroatoms. The van der Waals surface area contributed by atoms with Gasteiger partial charge >= 0.3 is 5.97 Å². The van der Waals surface area contributed by atoms with Crippen LogP contribution in [0.3, 0.4) is 0 Å². The van der Waals surface area contributed by atoms with Crippen molar-refractivity contribution >= 4 is 5.97 Å². The Hall–Kier alpha value is -1.31. The summed E-state index contributed by atoms with van der Waals surface area (Å²) >= 11 is 0. The second kappa shape index (κ2) is 10.5. The lowest BCUT2D eigenvalue weighted by atomic mass is 9.88. The Morgan fingerprint density at radius 3 is 2.57 bits per heavy atom. The van der Waals surface area contributed by atoms with Crippen molar-refractivity contribution in [2.45, 2.75) is 73.1 Å². The lowest BCUT2D eigenvalue weighted by molar-refractivity contribution is -0.142. The molecule has 0 N–H and O–H groups in total. The summed E-state index contributed by atoms with van der Waals surface area (Å²) in [7, 11) is 0. The van der Waals surface area contributed by atoms with E-state index in [2.05, 4.69) is 45.9 Å². The fraction of sp³-hybridized carbons (Fsp3) is 0.667. The molecule has 0 amide bonds. The van der Waals surface area contributed by atoms with E-state index in [1.165, 1.54) is 18.4 Å². The fourth-order valence-electron chi connectivity index (χ4n) is 2.67. The zero-order chi connectivity index (χ0) is 17.2. The van der Waals surface area contributed by atoms with Gasteiger partial charge in [0, 0.05) is 6.42 Å². The van der Waals surface area contributed by atoms with Crippen LogP contribution in [-0.2, 0) is 9.53 Å². The summed E-state index contributed by atoms with van der Waals surface area (Å²) in [5.74, 6) is 1.11. The van der Waals surface area contributed by atoms with Gasteiger partial charge in [0.25, 0.3) is 0 Å². The number of hydrogen-bond donors (Lipinski definition) is 0. The number of carbonyl (C=O) groups is 1. The van der Waals surface area contributed by atoms with Gasteiger partial charge in [-0.25, -0.2) is 0 Å². The molecule has 1 rings (SSSR count). The van der Waals surface area contributed by atoms with Crippen molar-refractivity contribution in [2.75, 3.05) is 6.61 Å². The van der Waals surface area contributed by atoms with Crippen LogP contribution in [0, 0.1) is 11.8 Å². The Balaban J connectivity index is 2.24. The highest BCUT2D eigenvalue weighted by atomic mass is 16.5. The first-order valence-corrected chi connectivity index (χ1v) is 9.06. The maximum atomic E-state index is 11.6. The minimum Gasteiger partial charge on any atom is -0.461 e. The third kappa shape index (κ3) is 8.78. The number of rotatable bonds is 9. The van der Waals surface area contributed by atoms with E-state index in [-0.39, 0.29) is 5.97 Å². The van der Waals surface area contributed by atoms with Crippen molar-refractivity contribution in [1.82, 2.24) is 0 Å². The van der Waals surface area contributed by atoms with E-state index in [0.29, 0.717) is 24.9 Å². The first-order valence-electron chi connectivity index (χ1n) is 9.06. The maximum absolute atomic E-state index is 11.6. The highest BCUT2D eigenvalue weighted by Crippen LogP contribution is 2.27. The van der Waals surface area contributed by atoms with Crippen LogP contribution in [0.25, 0.3) is 0 Å². The summed E-state index contributed by atoms with van der Waals surface area (Å²) in [5, 5.41) is 0. The van der Waals surface area contributed by atoms with Gasteiger partial charge in [-0.1, -0.05) is 50.1 Å². The van der Waals surface area contributed by atoms with Crippen molar-refractivity contribution in [2.24, 2.45) is 11.8 Å². The molecule has 0 aromatic rings. The summed E-state index contributed by atoms with van der Waals surface area (Å²) in [5.41, 5.74) is 4.21. The first-order chi connectivity index (χ1) is 10.9. The Morgan fingerprint density at radius 2 is 1.96 bits per heavy atom. The Bertz CT molecular complexity index is 466. The van der Waals surface area contributed by atoms with Crippen molar-refractivity contribution < 1.29 is 9.53 Å². The molecule has 1 aliphatic rings. The maximum Gasteiger partial charge on any atom is 0.306 e. The van der Waals surface area contributed by atoms with E-state index in [0.717, 1.165) is 24.8 Å². The number of allylic oxidation sites excluding steroid dienone is 5. The second-order valence-corrected chi connectivity index (χ2v) is 7.38. The van der Waals surface area contributed by atoms with E-state index in [1.54, 1.807) is 5.57 Å². The first kappa shape index (κ1) is 19.7. The Morgan fingerprint density at radius 1 is 1.22 bits per heavy atom. The van der Waals surface area contributed by atoms with Gasteiger partial charge in [-0.05, 0) is 63.4 Å². The van der Waals surface area contributed by atoms with Gasteiger partial charge in [0.2, 0.25) is 0 Å². The van der Waals surface area contributed by atoms with Gasteiger partial charge in [-0.3, -0.25) is 4.79 Å². The highest BCUT2D eigenvalue weighted by Gasteiger charge is 2.10. The normalized spacial score (nSPS) is 16.9. The molecule has 0 fully saturated rings. The standard InChI is InChI=1S/C21H34O2/c1-16(2)9-14-21(22)23-15-18(4)7-6-8-19(5)20-12-10-17(3)11-13-20/h7,10,12,16,19H,6,8-9,11,13-15H2,1-5H3/b18-7-/t19-/m1/s1. The second-order valence-electron chi connectivity index (χ2n) is 7.38. The minimum atomic E-state index is -0.0747. The molecule has 0 bridgehead atoms. The molecular weight excluding hydrogens is 284 g/mol. The summed E-state index contributed by atoms with van der Waals surface area (Å²) < 4.78 is 5.31. The molecule has 0 saturated carbocycles. The van der Waals surface area contributed by atoms with Crippen LogP contribution >= 0.6 is 0 Å². The van der Waals surface area contributed by atoms with E-state index in [9.17, 15) is 4.79 Å². The molecule has 0 radical (unpaired) electrons. The largest absolute Gasteiger partial charge is 0.461 e. The smallest absolute Gasteiger partial charge is 0.306 e. The molecule has 130 valence electrons. The summed E-state index contributed by atoms with van der Waals surface area (Å²) in [6.07, 6.45) is 12.8. The SMILES string of the molecule is CC1=CC=C([C@H](C)CC/C=C(/C)COC(=O)CCC(C)C)CC1. The number of carbonyl (C=O) groups excluding carboxylic acids is 1. The summed E-state index contributed by atoms with van der Waals surface area (Å²) in [6.45, 7) is 11.3. The predicted molar refractivity (Wildman–Crippen MR) is 98.3 cm³/mol. The fourth-order valence-corrected chi connectivity index (χ4v) is 2.67. The molecule has 0 aromatic carbocycles. The topological polar surface area (TPSA) is 26.3 Å². The molecular formula is C21H34O2. The van der Waals surface area contributed by atoms with Gasteiger partial charge in [0.1, 0.15) is 6.61 Å². The molecule has 0 aliphatic heterocycles. The van der Waals surface area contributed by atoms with Gasteiger partial charge in [-0.15, -0.1) is 0 Å². The van der Waals surface area contributed by atoms with Crippen LogP contribution in [0.15, 0.2) is 34.9 Å². The number of hydrogen-bond acceptors (Lipinski definition) is 2. The molecule has 1 atom stereocenters. The quantitative estimate of drug-likeness (QED) is 0.385. The molecule has 1 aliphatic carbocycles. The summed E-state index contributed by atoms with van der Waals surface area (Å²) in [6, 6.07) is 0. The van der Waals surface area contributed by atoms with Gasteiger partial charge in [0.15, 0.2) is 0 Å². The van der Waals surface area contributed by atoms with Gasteiger partial charge in [0.05, 0.1) is 0 Å². The van der Waals surface area contributed by atoms with Crippen LogP contribution in [0.1, 0.15) is 73.1 Å². The minimum absolute atomic E-state index is 0.0747. The number of ether oxygens (including phenoxy) is 1. The van der Waals surface area contributed by atoms with E-state index in [1.807, 2.05) is 6.92 Å². The van der Waals surface area contributed by atoms with Crippen LogP contribution in [-0.4, -0.2) is 12.6 Å². The molecule has 0 unspecified atom stereocenters. The lowest BCUT2D eigenvalue weighted by Gasteiger charge is -2.18. The molecule has 0 spiro atoms. The predicted octanol–water partition coefficient (Wildman–Crippen LogP) is 5.99. The summed E-state index contributed by atoms with van der Waals surface area (Å²) in [4.78, 5) is 11.6. The zero-order valence-corrected chi connectivity index (χ0v) is 15.7. The van der Waals surface area contributed by atoms with Crippen molar-refractivity contribution in [3.05, 3.63) is 34.9 Å². The lowest BCUT2D eigenvalue weighted by Crippen LogP contribution is -2.08. The van der Waals surface area contributed by atoms with Gasteiger partial charge < -0.3 is 4.74 Å². The van der Waals surface area contributed by atoms with Crippen LogP contribution in [0.5, 0.6) is 0 Å². The van der Waals surface area contributed by atoms with Crippen LogP contribution in [0.2, 0.25) is 0 Å². The Labute approximate surface area is 142 Å². The third-order valence-electron chi connectivity index (χ3n) is 4.50. The molecule has 0 aromatic heterocycles. The van der Waals surface area contributed by atoms with Crippen LogP contribution in [0.4, 0.5) is 0 Å². The van der Waals surface area contributed by atoms with E-state index < -0.39 is 0 Å². The Kier molecular flexibility index (Phi) is 8.98. The zero-order valence-electron chi connectivity index (χ0n) is 15.7. The van der Waals surface area contributed by atoms with Crippen molar-refractivity contribution in [1.29, 1.82) is 0 Å².